The topological polar surface area (TPSA) is 22.4 Å². The molecule has 8 rings (SSSR count). The molecule has 5 aromatic carbocycles. The monoisotopic (exact) mass is 476 g/mol. The summed E-state index contributed by atoms with van der Waals surface area (Å²) in [5.74, 6) is 0.910. The first-order chi connectivity index (χ1) is 18.3. The Morgan fingerprint density at radius 1 is 0.649 bits per heavy atom. The molecule has 0 fully saturated rings. The van der Waals surface area contributed by atoms with Crippen LogP contribution < -0.4 is 4.74 Å². The first-order valence-electron chi connectivity index (χ1n) is 12.9. The van der Waals surface area contributed by atoms with Crippen molar-refractivity contribution in [3.63, 3.8) is 0 Å². The Balaban J connectivity index is 1.50. The molecule has 0 N–H and O–H groups in total. The third-order valence-corrected chi connectivity index (χ3v) is 8.01. The highest BCUT2D eigenvalue weighted by Crippen LogP contribution is 2.53. The van der Waals surface area contributed by atoms with E-state index in [2.05, 4.69) is 115 Å². The third kappa shape index (κ3) is 2.87. The maximum absolute atomic E-state index is 7.28. The normalized spacial score (nSPS) is 15.1. The molecular formula is C35H24O2. The molecule has 37 heavy (non-hydrogen) atoms. The molecule has 0 bridgehead atoms. The summed E-state index contributed by atoms with van der Waals surface area (Å²) in [7, 11) is 0. The highest BCUT2D eigenvalue weighted by molar-refractivity contribution is 6.15. The fraction of sp³-hybridized carbons (Fsp3) is 0.0857. The van der Waals surface area contributed by atoms with Crippen molar-refractivity contribution in [2.75, 3.05) is 0 Å². The zero-order chi connectivity index (χ0) is 24.4. The van der Waals surface area contributed by atoms with E-state index < -0.39 is 5.60 Å². The van der Waals surface area contributed by atoms with Gasteiger partial charge in [0.25, 0.3) is 0 Å². The number of ether oxygens (including phenoxy) is 1. The minimum Gasteiger partial charge on any atom is -0.472 e. The molecule has 2 heteroatoms. The molecule has 2 nitrogen and oxygen atoms in total. The van der Waals surface area contributed by atoms with Crippen molar-refractivity contribution in [2.24, 2.45) is 0 Å². The van der Waals surface area contributed by atoms with E-state index in [1.54, 1.807) is 0 Å². The van der Waals surface area contributed by atoms with Gasteiger partial charge in [0.05, 0.1) is 5.39 Å². The molecule has 0 unspecified atom stereocenters. The molecule has 2 heterocycles. The number of benzene rings is 5. The van der Waals surface area contributed by atoms with Gasteiger partial charge < -0.3 is 9.15 Å². The zero-order valence-electron chi connectivity index (χ0n) is 20.3. The Bertz CT molecular complexity index is 1800. The number of para-hydroxylation sites is 1. The predicted molar refractivity (Wildman–Crippen MR) is 150 cm³/mol. The van der Waals surface area contributed by atoms with Crippen LogP contribution in [0, 0.1) is 0 Å². The lowest BCUT2D eigenvalue weighted by atomic mass is 9.78. The summed E-state index contributed by atoms with van der Waals surface area (Å²) in [4.78, 5) is 0. The molecule has 0 amide bonds. The Labute approximate surface area is 215 Å². The van der Waals surface area contributed by atoms with Crippen molar-refractivity contribution in [3.8, 4) is 16.9 Å². The maximum atomic E-state index is 7.28. The number of aryl methyl sites for hydroxylation is 1. The molecule has 6 aromatic rings. The first-order valence-corrected chi connectivity index (χ1v) is 12.9. The van der Waals surface area contributed by atoms with Crippen molar-refractivity contribution in [1.29, 1.82) is 0 Å². The number of furan rings is 1. The summed E-state index contributed by atoms with van der Waals surface area (Å²) in [6.07, 6.45) is 6.51. The van der Waals surface area contributed by atoms with Crippen molar-refractivity contribution in [1.82, 2.24) is 0 Å². The van der Waals surface area contributed by atoms with Crippen LogP contribution in [-0.2, 0) is 18.4 Å². The molecule has 0 saturated carbocycles. The first kappa shape index (κ1) is 20.6. The van der Waals surface area contributed by atoms with E-state index in [9.17, 15) is 0 Å². The lowest BCUT2D eigenvalue weighted by Gasteiger charge is -2.37. The van der Waals surface area contributed by atoms with Gasteiger partial charge >= 0.3 is 0 Å². The van der Waals surface area contributed by atoms with E-state index in [0.29, 0.717) is 0 Å². The van der Waals surface area contributed by atoms with Gasteiger partial charge in [0.2, 0.25) is 0 Å². The average Bonchev–Trinajstić information content (AvgIpc) is 3.37. The maximum Gasteiger partial charge on any atom is 0.178 e. The number of hydrogen-bond acceptors (Lipinski definition) is 2. The minimum atomic E-state index is -0.734. The molecule has 1 aromatic heterocycles. The van der Waals surface area contributed by atoms with Crippen LogP contribution in [0.5, 0.6) is 5.75 Å². The highest BCUT2D eigenvalue weighted by atomic mass is 16.5. The molecule has 0 saturated heterocycles. The standard InChI is InChI=1S/C35H24O2/c1-3-12-24(13-4-1)35(25-14-5-2-6-15-25)22-21-28-27-20-19-23-11-7-8-16-26(23)31(27)34-32(33(28)37-35)29-17-9-10-18-30(29)36-34/h1-18,21-22H,19-20H2. The molecule has 1 aliphatic heterocycles. The SMILES string of the molecule is C1=CC(c2ccccc2)(c2ccccc2)Oc2c1c1c(c3oc4ccccc4c23)-c2ccccc2CC1. The smallest absolute Gasteiger partial charge is 0.178 e. The summed E-state index contributed by atoms with van der Waals surface area (Å²) in [6, 6.07) is 38.1. The van der Waals surface area contributed by atoms with Crippen LogP contribution >= 0.6 is 0 Å². The molecule has 2 aliphatic rings. The van der Waals surface area contributed by atoms with Crippen LogP contribution in [0.4, 0.5) is 0 Å². The van der Waals surface area contributed by atoms with Crippen LogP contribution in [0.3, 0.4) is 0 Å². The van der Waals surface area contributed by atoms with Gasteiger partial charge in [0.1, 0.15) is 16.9 Å². The van der Waals surface area contributed by atoms with Gasteiger partial charge in [-0.3, -0.25) is 0 Å². The molecule has 0 radical (unpaired) electrons. The quantitative estimate of drug-likeness (QED) is 0.249. The van der Waals surface area contributed by atoms with Crippen molar-refractivity contribution >= 4 is 28.0 Å². The van der Waals surface area contributed by atoms with Gasteiger partial charge in [-0.1, -0.05) is 109 Å². The molecule has 176 valence electrons. The molecule has 0 atom stereocenters. The highest BCUT2D eigenvalue weighted by Gasteiger charge is 2.40. The Hall–Kier alpha value is -4.56. The van der Waals surface area contributed by atoms with E-state index in [1.807, 2.05) is 6.07 Å². The number of fused-ring (bicyclic) bond motifs is 10. The predicted octanol–water partition coefficient (Wildman–Crippen LogP) is 8.70. The summed E-state index contributed by atoms with van der Waals surface area (Å²) in [5.41, 5.74) is 9.63. The van der Waals surface area contributed by atoms with Gasteiger partial charge in [-0.25, -0.2) is 0 Å². The summed E-state index contributed by atoms with van der Waals surface area (Å²) >= 11 is 0. The Morgan fingerprint density at radius 2 is 1.32 bits per heavy atom. The largest absolute Gasteiger partial charge is 0.472 e. The van der Waals surface area contributed by atoms with Crippen LogP contribution in [0.25, 0.3) is 39.1 Å². The summed E-state index contributed by atoms with van der Waals surface area (Å²) < 4.78 is 13.9. The second kappa shape index (κ2) is 7.72. The van der Waals surface area contributed by atoms with Gasteiger partial charge in [-0.15, -0.1) is 0 Å². The van der Waals surface area contributed by atoms with Crippen LogP contribution in [-0.4, -0.2) is 0 Å². The molecule has 1 aliphatic carbocycles. The molecule has 0 spiro atoms. The van der Waals surface area contributed by atoms with E-state index >= 15 is 0 Å². The van der Waals surface area contributed by atoms with Gasteiger partial charge in [-0.05, 0) is 41.7 Å². The Morgan fingerprint density at radius 3 is 2.11 bits per heavy atom. The van der Waals surface area contributed by atoms with E-state index in [0.717, 1.165) is 51.7 Å². The van der Waals surface area contributed by atoms with Crippen LogP contribution in [0.1, 0.15) is 27.8 Å². The summed E-state index contributed by atoms with van der Waals surface area (Å²) in [5, 5.41) is 2.14. The second-order valence-electron chi connectivity index (χ2n) is 9.96. The van der Waals surface area contributed by atoms with Crippen molar-refractivity contribution in [2.45, 2.75) is 18.4 Å². The van der Waals surface area contributed by atoms with Crippen LogP contribution in [0.15, 0.2) is 120 Å². The fourth-order valence-corrected chi connectivity index (χ4v) is 6.30. The summed E-state index contributed by atoms with van der Waals surface area (Å²) in [6.45, 7) is 0. The van der Waals surface area contributed by atoms with Gasteiger partial charge in [0.15, 0.2) is 5.60 Å². The van der Waals surface area contributed by atoms with Gasteiger partial charge in [-0.2, -0.15) is 0 Å². The fourth-order valence-electron chi connectivity index (χ4n) is 6.30. The van der Waals surface area contributed by atoms with Gasteiger partial charge in [0, 0.05) is 27.6 Å². The minimum absolute atomic E-state index is 0.734. The second-order valence-corrected chi connectivity index (χ2v) is 9.96. The van der Waals surface area contributed by atoms with E-state index in [4.69, 9.17) is 9.15 Å². The number of rotatable bonds is 2. The lowest BCUT2D eigenvalue weighted by Crippen LogP contribution is -2.34. The Kier molecular flexibility index (Phi) is 4.30. The third-order valence-electron chi connectivity index (χ3n) is 8.01. The lowest BCUT2D eigenvalue weighted by molar-refractivity contribution is 0.163. The number of hydrogen-bond donors (Lipinski definition) is 0. The van der Waals surface area contributed by atoms with E-state index in [1.165, 1.54) is 27.8 Å². The zero-order valence-corrected chi connectivity index (χ0v) is 20.3. The van der Waals surface area contributed by atoms with E-state index in [-0.39, 0.29) is 0 Å². The van der Waals surface area contributed by atoms with Crippen molar-refractivity contribution in [3.05, 3.63) is 143 Å². The van der Waals surface area contributed by atoms with Crippen molar-refractivity contribution < 1.29 is 9.15 Å². The van der Waals surface area contributed by atoms with Crippen LogP contribution in [0.2, 0.25) is 0 Å². The molecular weight excluding hydrogens is 452 g/mol. The average molecular weight is 477 g/mol.